The van der Waals surface area contributed by atoms with Crippen LogP contribution >= 0.6 is 11.6 Å². The van der Waals surface area contributed by atoms with Gasteiger partial charge in [-0.25, -0.2) is 9.18 Å². The minimum Gasteiger partial charge on any atom is -0.481 e. The van der Waals surface area contributed by atoms with Gasteiger partial charge in [-0.05, 0) is 24.6 Å². The molecule has 0 aliphatic carbocycles. The van der Waals surface area contributed by atoms with Gasteiger partial charge in [-0.1, -0.05) is 17.7 Å². The summed E-state index contributed by atoms with van der Waals surface area (Å²) in [7, 11) is 0. The Morgan fingerprint density at radius 1 is 1.47 bits per heavy atom. The third kappa shape index (κ3) is 5.13. The summed E-state index contributed by atoms with van der Waals surface area (Å²) in [5.74, 6) is -1.44. The molecule has 0 saturated heterocycles. The lowest BCUT2D eigenvalue weighted by atomic mass is 10.1. The van der Waals surface area contributed by atoms with Crippen molar-refractivity contribution in [3.8, 4) is 0 Å². The van der Waals surface area contributed by atoms with Crippen molar-refractivity contribution in [1.29, 1.82) is 0 Å². The molecule has 3 N–H and O–H groups in total. The molecule has 0 aromatic heterocycles. The topological polar surface area (TPSA) is 78.4 Å². The molecule has 0 aliphatic rings. The Labute approximate surface area is 114 Å². The van der Waals surface area contributed by atoms with Crippen molar-refractivity contribution in [1.82, 2.24) is 10.6 Å². The van der Waals surface area contributed by atoms with E-state index in [0.717, 1.165) is 6.07 Å². The molecular weight excluding hydrogens is 275 g/mol. The van der Waals surface area contributed by atoms with E-state index in [1.165, 1.54) is 12.1 Å². The first-order valence-electron chi connectivity index (χ1n) is 5.61. The maximum absolute atomic E-state index is 12.9. The molecule has 1 aromatic rings. The molecule has 0 radical (unpaired) electrons. The number of hydrogen-bond donors (Lipinski definition) is 3. The van der Waals surface area contributed by atoms with Crippen LogP contribution < -0.4 is 10.6 Å². The number of hydrogen-bond acceptors (Lipinski definition) is 2. The molecule has 1 aromatic carbocycles. The maximum Gasteiger partial charge on any atom is 0.315 e. The summed E-state index contributed by atoms with van der Waals surface area (Å²) in [6.07, 6.45) is -0.154. The van der Waals surface area contributed by atoms with E-state index < -0.39 is 23.9 Å². The van der Waals surface area contributed by atoms with Gasteiger partial charge < -0.3 is 15.7 Å². The number of amides is 2. The first-order chi connectivity index (χ1) is 8.90. The van der Waals surface area contributed by atoms with Gasteiger partial charge >= 0.3 is 12.0 Å². The van der Waals surface area contributed by atoms with Gasteiger partial charge in [0.05, 0.1) is 12.5 Å². The zero-order valence-corrected chi connectivity index (χ0v) is 11.0. The van der Waals surface area contributed by atoms with Crippen LogP contribution in [0.3, 0.4) is 0 Å². The lowest BCUT2D eigenvalue weighted by molar-refractivity contribution is -0.136. The number of carboxylic acids is 1. The molecule has 0 spiro atoms. The van der Waals surface area contributed by atoms with Crippen molar-refractivity contribution in [2.75, 3.05) is 6.54 Å². The van der Waals surface area contributed by atoms with Crippen LogP contribution in [0.4, 0.5) is 9.18 Å². The Kier molecular flexibility index (Phi) is 5.57. The van der Waals surface area contributed by atoms with Crippen LogP contribution in [0.15, 0.2) is 18.2 Å². The van der Waals surface area contributed by atoms with Gasteiger partial charge in [-0.15, -0.1) is 0 Å². The molecule has 2 amide bonds. The van der Waals surface area contributed by atoms with E-state index in [0.29, 0.717) is 5.56 Å². The lowest BCUT2D eigenvalue weighted by Gasteiger charge is -2.16. The second-order valence-corrected chi connectivity index (χ2v) is 4.34. The van der Waals surface area contributed by atoms with Gasteiger partial charge in [0.1, 0.15) is 5.82 Å². The van der Waals surface area contributed by atoms with Gasteiger partial charge in [-0.2, -0.15) is 0 Å². The minimum atomic E-state index is -0.991. The molecule has 104 valence electrons. The van der Waals surface area contributed by atoms with Crippen molar-refractivity contribution in [2.24, 2.45) is 0 Å². The quantitative estimate of drug-likeness (QED) is 0.778. The molecule has 1 rings (SSSR count). The van der Waals surface area contributed by atoms with Crippen molar-refractivity contribution >= 4 is 23.6 Å². The second-order valence-electron chi connectivity index (χ2n) is 3.93. The molecule has 5 nitrogen and oxygen atoms in total. The molecule has 0 aliphatic heterocycles. The lowest BCUT2D eigenvalue weighted by Crippen LogP contribution is -2.38. The molecule has 7 heteroatoms. The molecular formula is C12H14ClFN2O3. The van der Waals surface area contributed by atoms with Crippen molar-refractivity contribution in [2.45, 2.75) is 19.4 Å². The SMILES string of the molecule is C[C@H](NC(=O)NCCC(=O)O)c1ccc(F)cc1Cl. The van der Waals surface area contributed by atoms with Gasteiger partial charge in [0.2, 0.25) is 0 Å². The first-order valence-corrected chi connectivity index (χ1v) is 5.99. The van der Waals surface area contributed by atoms with Crippen LogP contribution in [0.1, 0.15) is 24.9 Å². The number of carboxylic acid groups (broad SMARTS) is 1. The van der Waals surface area contributed by atoms with E-state index in [1.54, 1.807) is 6.92 Å². The summed E-state index contributed by atoms with van der Waals surface area (Å²) in [6, 6.07) is 2.98. The largest absolute Gasteiger partial charge is 0.481 e. The normalized spacial score (nSPS) is 11.7. The Bertz CT molecular complexity index is 482. The van der Waals surface area contributed by atoms with Gasteiger partial charge in [0, 0.05) is 11.6 Å². The maximum atomic E-state index is 12.9. The fourth-order valence-electron chi connectivity index (χ4n) is 1.46. The fourth-order valence-corrected chi connectivity index (χ4v) is 1.79. The Balaban J connectivity index is 2.52. The van der Waals surface area contributed by atoms with Gasteiger partial charge in [0.25, 0.3) is 0 Å². The highest BCUT2D eigenvalue weighted by Crippen LogP contribution is 2.23. The van der Waals surface area contributed by atoms with Crippen LogP contribution in [0, 0.1) is 5.82 Å². The number of benzene rings is 1. The predicted molar refractivity (Wildman–Crippen MR) is 68.6 cm³/mol. The highest BCUT2D eigenvalue weighted by Gasteiger charge is 2.13. The third-order valence-corrected chi connectivity index (χ3v) is 2.73. The average molecular weight is 289 g/mol. The average Bonchev–Trinajstić information content (AvgIpc) is 2.27. The molecule has 0 bridgehead atoms. The van der Waals surface area contributed by atoms with Crippen LogP contribution in [0.2, 0.25) is 5.02 Å². The van der Waals surface area contributed by atoms with E-state index in [2.05, 4.69) is 10.6 Å². The number of urea groups is 1. The van der Waals surface area contributed by atoms with Gasteiger partial charge in [0.15, 0.2) is 0 Å². The second kappa shape index (κ2) is 6.94. The van der Waals surface area contributed by atoms with Crippen molar-refractivity contribution in [3.63, 3.8) is 0 Å². The van der Waals surface area contributed by atoms with E-state index in [9.17, 15) is 14.0 Å². The first kappa shape index (κ1) is 15.2. The monoisotopic (exact) mass is 288 g/mol. The van der Waals surface area contributed by atoms with E-state index in [-0.39, 0.29) is 18.0 Å². The smallest absolute Gasteiger partial charge is 0.315 e. The summed E-state index contributed by atoms with van der Waals surface area (Å²) >= 11 is 5.86. The third-order valence-electron chi connectivity index (χ3n) is 2.40. The van der Waals surface area contributed by atoms with Gasteiger partial charge in [-0.3, -0.25) is 4.79 Å². The zero-order valence-electron chi connectivity index (χ0n) is 10.2. The molecule has 0 saturated carbocycles. The number of halogens is 2. The predicted octanol–water partition coefficient (Wildman–Crippen LogP) is 2.31. The summed E-state index contributed by atoms with van der Waals surface area (Å²) in [4.78, 5) is 21.7. The van der Waals surface area contributed by atoms with Crippen LogP contribution in [-0.4, -0.2) is 23.7 Å². The molecule has 0 fully saturated rings. The highest BCUT2D eigenvalue weighted by atomic mass is 35.5. The highest BCUT2D eigenvalue weighted by molar-refractivity contribution is 6.31. The van der Waals surface area contributed by atoms with Crippen LogP contribution in [0.5, 0.6) is 0 Å². The molecule has 19 heavy (non-hydrogen) atoms. The van der Waals surface area contributed by atoms with Crippen LogP contribution in [-0.2, 0) is 4.79 Å². The fraction of sp³-hybridized carbons (Fsp3) is 0.333. The number of carbonyl (C=O) groups is 2. The number of rotatable bonds is 5. The molecule has 1 atom stereocenters. The van der Waals surface area contributed by atoms with E-state index in [4.69, 9.17) is 16.7 Å². The Morgan fingerprint density at radius 2 is 2.16 bits per heavy atom. The summed E-state index contributed by atoms with van der Waals surface area (Å²) < 4.78 is 12.9. The Morgan fingerprint density at radius 3 is 2.74 bits per heavy atom. The van der Waals surface area contributed by atoms with Crippen molar-refractivity contribution in [3.05, 3.63) is 34.6 Å². The number of carbonyl (C=O) groups excluding carboxylic acids is 1. The summed E-state index contributed by atoms with van der Waals surface area (Å²) in [6.45, 7) is 1.72. The van der Waals surface area contributed by atoms with E-state index >= 15 is 0 Å². The minimum absolute atomic E-state index is 0.0328. The van der Waals surface area contributed by atoms with E-state index in [1.807, 2.05) is 0 Å². The molecule has 0 unspecified atom stereocenters. The van der Waals surface area contributed by atoms with Crippen molar-refractivity contribution < 1.29 is 19.1 Å². The standard InChI is InChI=1S/C12H14ClFN2O3/c1-7(9-3-2-8(14)6-10(9)13)16-12(19)15-5-4-11(17)18/h2-3,6-7H,4-5H2,1H3,(H,17,18)(H2,15,16,19)/t7-/m0/s1. The molecule has 0 heterocycles. The number of nitrogens with one attached hydrogen (secondary N) is 2. The number of aliphatic carboxylic acids is 1. The summed E-state index contributed by atoms with van der Waals surface area (Å²) in [5, 5.41) is 13.6. The van der Waals surface area contributed by atoms with Crippen LogP contribution in [0.25, 0.3) is 0 Å². The Hall–Kier alpha value is -1.82. The summed E-state index contributed by atoms with van der Waals surface area (Å²) in [5.41, 5.74) is 0.580. The zero-order chi connectivity index (χ0) is 14.4.